The number of nitrogens with zero attached hydrogens (tertiary/aromatic N) is 4. The fourth-order valence-electron chi connectivity index (χ4n) is 4.14. The van der Waals surface area contributed by atoms with Gasteiger partial charge in [-0.2, -0.15) is 5.10 Å². The number of hydrogen-bond donors (Lipinski definition) is 2. The summed E-state index contributed by atoms with van der Waals surface area (Å²) in [6, 6.07) is 10.7. The molecule has 0 spiro atoms. The molecule has 0 radical (unpaired) electrons. The maximum absolute atomic E-state index is 14.7. The van der Waals surface area contributed by atoms with Gasteiger partial charge in [0, 0.05) is 17.4 Å². The lowest BCUT2D eigenvalue weighted by atomic mass is 9.96. The number of benzene rings is 2. The molecule has 3 N–H and O–H groups in total. The first-order valence-electron chi connectivity index (χ1n) is 11.2. The Morgan fingerprint density at radius 1 is 1.27 bits per heavy atom. The number of aromatic nitrogens is 3. The number of carboxylic acid groups (broad SMARTS) is 1. The number of halogens is 1. The summed E-state index contributed by atoms with van der Waals surface area (Å²) in [6.07, 6.45) is 2.97. The number of sulfonamides is 1. The summed E-state index contributed by atoms with van der Waals surface area (Å²) >= 11 is 1.15. The van der Waals surface area contributed by atoms with E-state index in [9.17, 15) is 22.7 Å². The van der Waals surface area contributed by atoms with E-state index < -0.39 is 26.7 Å². The zero-order valence-corrected chi connectivity index (χ0v) is 20.9. The molecule has 1 saturated carbocycles. The van der Waals surface area contributed by atoms with Gasteiger partial charge in [0.15, 0.2) is 11.4 Å². The average Bonchev–Trinajstić information content (AvgIpc) is 3.41. The highest BCUT2D eigenvalue weighted by molar-refractivity contribution is 7.89. The summed E-state index contributed by atoms with van der Waals surface area (Å²) < 4.78 is 39.6. The molecule has 9 nitrogen and oxygen atoms in total. The van der Waals surface area contributed by atoms with Crippen LogP contribution in [0.3, 0.4) is 0 Å². The van der Waals surface area contributed by atoms with Crippen LogP contribution in [-0.4, -0.2) is 34.3 Å². The highest BCUT2D eigenvalue weighted by Crippen LogP contribution is 2.38. The van der Waals surface area contributed by atoms with Crippen LogP contribution in [0.2, 0.25) is 0 Å². The molecule has 0 unspecified atom stereocenters. The molecule has 0 saturated heterocycles. The summed E-state index contributed by atoms with van der Waals surface area (Å²) in [5.41, 5.74) is 3.66. The van der Waals surface area contributed by atoms with Crippen LogP contribution in [0.5, 0.6) is 0 Å². The van der Waals surface area contributed by atoms with Gasteiger partial charge in [-0.1, -0.05) is 24.3 Å². The standard InChI is InChI=1S/C25H20FN5O4S2/c1-28-17-4-2-3-16(12-17)23-18(9-15-7-8-22(19(26)10-15)37(27,34)35)21(11-14-5-6-14)31(30-23)25-29-20(13-36-25)24(32)33/h2-4,7-8,10,12-14H,5-6,9,11H2,(H,32,33)(H2,27,34,35). The smallest absolute Gasteiger partial charge is 0.355 e. The molecule has 2 heterocycles. The third-order valence-electron chi connectivity index (χ3n) is 6.09. The van der Waals surface area contributed by atoms with Gasteiger partial charge in [0.05, 0.1) is 18.0 Å². The van der Waals surface area contributed by atoms with Crippen LogP contribution in [0.4, 0.5) is 10.1 Å². The second-order valence-electron chi connectivity index (χ2n) is 8.80. The molecule has 5 rings (SSSR count). The Labute approximate surface area is 215 Å². The maximum Gasteiger partial charge on any atom is 0.355 e. The molecular formula is C25H20FN5O4S2. The van der Waals surface area contributed by atoms with Gasteiger partial charge < -0.3 is 5.11 Å². The molecule has 0 amide bonds. The van der Waals surface area contributed by atoms with Gasteiger partial charge in [0.1, 0.15) is 10.7 Å². The molecule has 2 aromatic carbocycles. The van der Waals surface area contributed by atoms with Crippen molar-refractivity contribution >= 4 is 33.0 Å². The van der Waals surface area contributed by atoms with Crippen LogP contribution in [0.15, 0.2) is 52.7 Å². The number of thiazole rings is 1. The summed E-state index contributed by atoms with van der Waals surface area (Å²) in [7, 11) is -4.21. The number of nitrogens with two attached hydrogens (primary N) is 1. The molecule has 0 aliphatic heterocycles. The van der Waals surface area contributed by atoms with E-state index in [0.717, 1.165) is 47.6 Å². The molecule has 1 fully saturated rings. The van der Waals surface area contributed by atoms with Gasteiger partial charge in [0.2, 0.25) is 15.2 Å². The van der Waals surface area contributed by atoms with E-state index in [-0.39, 0.29) is 12.1 Å². The summed E-state index contributed by atoms with van der Waals surface area (Å²) in [6.45, 7) is 7.39. The van der Waals surface area contributed by atoms with Crippen LogP contribution < -0.4 is 5.14 Å². The predicted octanol–water partition coefficient (Wildman–Crippen LogP) is 4.57. The minimum atomic E-state index is -4.21. The van der Waals surface area contributed by atoms with E-state index in [1.165, 1.54) is 11.4 Å². The first-order valence-corrected chi connectivity index (χ1v) is 13.7. The largest absolute Gasteiger partial charge is 0.476 e. The summed E-state index contributed by atoms with van der Waals surface area (Å²) in [5.74, 6) is -1.66. The number of rotatable bonds is 8. The van der Waals surface area contributed by atoms with E-state index in [4.69, 9.17) is 16.8 Å². The van der Waals surface area contributed by atoms with Gasteiger partial charge >= 0.3 is 5.97 Å². The van der Waals surface area contributed by atoms with E-state index in [1.807, 2.05) is 6.07 Å². The second-order valence-corrected chi connectivity index (χ2v) is 11.2. The summed E-state index contributed by atoms with van der Waals surface area (Å²) in [4.78, 5) is 18.6. The second kappa shape index (κ2) is 9.51. The average molecular weight is 538 g/mol. The van der Waals surface area contributed by atoms with Gasteiger partial charge in [-0.25, -0.2) is 37.3 Å². The van der Waals surface area contributed by atoms with Gasteiger partial charge in [-0.05, 0) is 54.5 Å². The quantitative estimate of drug-likeness (QED) is 0.316. The van der Waals surface area contributed by atoms with E-state index in [1.54, 1.807) is 22.9 Å². The third kappa shape index (κ3) is 5.15. The molecule has 4 aromatic rings. The number of hydrogen-bond acceptors (Lipinski definition) is 6. The van der Waals surface area contributed by atoms with Crippen molar-refractivity contribution in [3.63, 3.8) is 0 Å². The monoisotopic (exact) mass is 537 g/mol. The van der Waals surface area contributed by atoms with Crippen molar-refractivity contribution in [3.8, 4) is 16.4 Å². The van der Waals surface area contributed by atoms with Crippen molar-refractivity contribution < 1.29 is 22.7 Å². The fourth-order valence-corrected chi connectivity index (χ4v) is 5.50. The minimum absolute atomic E-state index is 0.0911. The van der Waals surface area contributed by atoms with Crippen LogP contribution in [0, 0.1) is 18.3 Å². The van der Waals surface area contributed by atoms with Crippen LogP contribution in [0.25, 0.3) is 21.2 Å². The summed E-state index contributed by atoms with van der Waals surface area (Å²) in [5, 5.41) is 21.1. The van der Waals surface area contributed by atoms with Crippen LogP contribution >= 0.6 is 11.3 Å². The van der Waals surface area contributed by atoms with Crippen LogP contribution in [0.1, 0.15) is 40.2 Å². The first-order chi connectivity index (χ1) is 17.6. The van der Waals surface area contributed by atoms with Crippen molar-refractivity contribution in [3.05, 3.63) is 87.6 Å². The maximum atomic E-state index is 14.7. The van der Waals surface area contributed by atoms with Crippen molar-refractivity contribution in [1.82, 2.24) is 14.8 Å². The number of primary sulfonamides is 1. The Morgan fingerprint density at radius 2 is 2.05 bits per heavy atom. The number of carboxylic acids is 1. The topological polar surface area (TPSA) is 133 Å². The molecule has 1 aliphatic carbocycles. The van der Waals surface area contributed by atoms with Crippen LogP contribution in [-0.2, 0) is 22.9 Å². The number of aromatic carboxylic acids is 1. The molecule has 37 heavy (non-hydrogen) atoms. The minimum Gasteiger partial charge on any atom is -0.476 e. The normalized spacial score (nSPS) is 13.4. The lowest BCUT2D eigenvalue weighted by Gasteiger charge is -2.10. The van der Waals surface area contributed by atoms with E-state index >= 15 is 0 Å². The fraction of sp³-hybridized carbons (Fsp3) is 0.200. The molecule has 1 aliphatic rings. The number of carbonyl (C=O) groups is 1. The molecule has 0 atom stereocenters. The van der Waals surface area contributed by atoms with E-state index in [0.29, 0.717) is 40.0 Å². The van der Waals surface area contributed by atoms with Gasteiger partial charge in [-0.15, -0.1) is 11.3 Å². The molecule has 0 bridgehead atoms. The zero-order chi connectivity index (χ0) is 26.3. The van der Waals surface area contributed by atoms with Crippen molar-refractivity contribution in [1.29, 1.82) is 0 Å². The molecule has 2 aromatic heterocycles. The highest BCUT2D eigenvalue weighted by Gasteiger charge is 2.29. The van der Waals surface area contributed by atoms with Crippen molar-refractivity contribution in [2.75, 3.05) is 0 Å². The Bertz CT molecular complexity index is 1680. The molecule has 188 valence electrons. The predicted molar refractivity (Wildman–Crippen MR) is 135 cm³/mol. The Hall–Kier alpha value is -3.92. The Morgan fingerprint density at radius 3 is 2.68 bits per heavy atom. The lowest BCUT2D eigenvalue weighted by molar-refractivity contribution is 0.0691. The van der Waals surface area contributed by atoms with Gasteiger partial charge in [-0.3, -0.25) is 0 Å². The molecular weight excluding hydrogens is 517 g/mol. The van der Waals surface area contributed by atoms with E-state index in [2.05, 4.69) is 9.83 Å². The lowest BCUT2D eigenvalue weighted by Crippen LogP contribution is -2.14. The SMILES string of the molecule is [C-]#[N+]c1cccc(-c2nn(-c3nc(C(=O)O)cs3)c(CC3CC3)c2Cc2ccc(S(N)(=O)=O)c(F)c2)c1. The third-order valence-corrected chi connectivity index (χ3v) is 7.85. The Balaban J connectivity index is 1.69. The van der Waals surface area contributed by atoms with Gasteiger partial charge in [0.25, 0.3) is 0 Å². The zero-order valence-electron chi connectivity index (χ0n) is 19.3. The Kier molecular flexibility index (Phi) is 6.36. The van der Waals surface area contributed by atoms with Crippen molar-refractivity contribution in [2.24, 2.45) is 11.1 Å². The first kappa shape index (κ1) is 24.8. The highest BCUT2D eigenvalue weighted by atomic mass is 32.2. The molecule has 12 heteroatoms. The van der Waals surface area contributed by atoms with Crippen molar-refractivity contribution in [2.45, 2.75) is 30.6 Å².